The van der Waals surface area contributed by atoms with Gasteiger partial charge in [0.25, 0.3) is 5.91 Å². The zero-order valence-electron chi connectivity index (χ0n) is 15.0. The predicted molar refractivity (Wildman–Crippen MR) is 107 cm³/mol. The molecule has 0 spiro atoms. The molecule has 1 aliphatic rings. The molecule has 1 heterocycles. The van der Waals surface area contributed by atoms with Crippen molar-refractivity contribution in [1.82, 2.24) is 0 Å². The summed E-state index contributed by atoms with van der Waals surface area (Å²) in [5, 5.41) is 11.7. The summed E-state index contributed by atoms with van der Waals surface area (Å²) >= 11 is 0. The van der Waals surface area contributed by atoms with E-state index >= 15 is 0 Å². The molecular formula is C24H21NO2. The normalized spacial score (nSPS) is 19.6. The number of amides is 1. The van der Waals surface area contributed by atoms with Crippen LogP contribution in [-0.2, 0) is 16.9 Å². The summed E-state index contributed by atoms with van der Waals surface area (Å²) in [4.78, 5) is 15.2. The molecule has 0 saturated carbocycles. The van der Waals surface area contributed by atoms with Gasteiger partial charge in [0.05, 0.1) is 12.2 Å². The summed E-state index contributed by atoms with van der Waals surface area (Å²) in [6, 6.07) is 26.8. The maximum Gasteiger partial charge on any atom is 0.264 e. The average molecular weight is 355 g/mol. The molecule has 3 aromatic rings. The van der Waals surface area contributed by atoms with Gasteiger partial charge in [-0.25, -0.2) is 0 Å². The van der Waals surface area contributed by atoms with E-state index in [4.69, 9.17) is 0 Å². The lowest BCUT2D eigenvalue weighted by atomic mass is 9.78. The summed E-state index contributed by atoms with van der Waals surface area (Å²) in [5.41, 5.74) is 1.57. The van der Waals surface area contributed by atoms with E-state index in [0.717, 1.165) is 16.8 Å². The Labute approximate surface area is 159 Å². The van der Waals surface area contributed by atoms with Crippen LogP contribution >= 0.6 is 0 Å². The summed E-state index contributed by atoms with van der Waals surface area (Å²) in [6.45, 7) is 4.33. The standard InChI is InChI=1S/C24H21NO2/c1-2-20(19-13-7-4-8-14-19)24(27)21-15-9-10-16-22(21)25(23(24)26)17-18-11-5-3-6-12-18/h2-16,20,27H,1,17H2/t20-,24-/m0/s1. The third-order valence-electron chi connectivity index (χ3n) is 5.20. The van der Waals surface area contributed by atoms with E-state index in [0.29, 0.717) is 12.1 Å². The number of benzene rings is 3. The van der Waals surface area contributed by atoms with Crippen LogP contribution in [0, 0.1) is 0 Å². The van der Waals surface area contributed by atoms with E-state index in [1.807, 2.05) is 84.9 Å². The van der Waals surface area contributed by atoms with Gasteiger partial charge in [-0.1, -0.05) is 84.9 Å². The average Bonchev–Trinajstić information content (AvgIpc) is 2.93. The number of hydrogen-bond acceptors (Lipinski definition) is 2. The monoisotopic (exact) mass is 355 g/mol. The first-order valence-corrected chi connectivity index (χ1v) is 9.01. The smallest absolute Gasteiger partial charge is 0.264 e. The molecule has 4 rings (SSSR count). The second-order valence-corrected chi connectivity index (χ2v) is 6.78. The molecule has 3 heteroatoms. The van der Waals surface area contributed by atoms with Gasteiger partial charge in [0.2, 0.25) is 0 Å². The van der Waals surface area contributed by atoms with Crippen molar-refractivity contribution in [2.24, 2.45) is 0 Å². The summed E-state index contributed by atoms with van der Waals surface area (Å²) in [6.07, 6.45) is 1.66. The van der Waals surface area contributed by atoms with Crippen molar-refractivity contribution < 1.29 is 9.90 Å². The van der Waals surface area contributed by atoms with Crippen molar-refractivity contribution in [2.75, 3.05) is 4.90 Å². The van der Waals surface area contributed by atoms with Crippen LogP contribution in [0.1, 0.15) is 22.6 Å². The zero-order chi connectivity index (χ0) is 18.9. The molecule has 1 aliphatic heterocycles. The predicted octanol–water partition coefficient (Wildman–Crippen LogP) is 4.39. The molecule has 0 aromatic heterocycles. The molecule has 0 saturated heterocycles. The van der Waals surface area contributed by atoms with E-state index in [1.165, 1.54) is 0 Å². The van der Waals surface area contributed by atoms with Crippen LogP contribution < -0.4 is 4.90 Å². The second-order valence-electron chi connectivity index (χ2n) is 6.78. The van der Waals surface area contributed by atoms with Crippen molar-refractivity contribution in [3.05, 3.63) is 114 Å². The lowest BCUT2D eigenvalue weighted by Crippen LogP contribution is -2.44. The number of nitrogens with zero attached hydrogens (tertiary/aromatic N) is 1. The highest BCUT2D eigenvalue weighted by atomic mass is 16.3. The Morgan fingerprint density at radius 3 is 2.19 bits per heavy atom. The number of carbonyl (C=O) groups is 1. The van der Waals surface area contributed by atoms with Gasteiger partial charge in [-0.3, -0.25) is 4.79 Å². The number of aliphatic hydroxyl groups is 1. The van der Waals surface area contributed by atoms with Gasteiger partial charge in [-0.05, 0) is 17.2 Å². The number of para-hydroxylation sites is 1. The quantitative estimate of drug-likeness (QED) is 0.690. The minimum atomic E-state index is -1.67. The Morgan fingerprint density at radius 2 is 1.52 bits per heavy atom. The molecule has 0 aliphatic carbocycles. The van der Waals surface area contributed by atoms with Gasteiger partial charge in [0.15, 0.2) is 5.60 Å². The lowest BCUT2D eigenvalue weighted by Gasteiger charge is -2.30. The number of carbonyl (C=O) groups excluding carboxylic acids is 1. The maximum absolute atomic E-state index is 13.5. The Balaban J connectivity index is 1.82. The number of hydrogen-bond donors (Lipinski definition) is 1. The van der Waals surface area contributed by atoms with Gasteiger partial charge >= 0.3 is 0 Å². The SMILES string of the molecule is C=C[C@@H](c1ccccc1)[C@@]1(O)C(=O)N(Cc2ccccc2)c2ccccc21. The van der Waals surface area contributed by atoms with Crippen LogP contribution in [0.15, 0.2) is 97.6 Å². The summed E-state index contributed by atoms with van der Waals surface area (Å²) < 4.78 is 0. The van der Waals surface area contributed by atoms with E-state index in [2.05, 4.69) is 6.58 Å². The molecule has 0 fully saturated rings. The molecule has 2 atom stereocenters. The van der Waals surface area contributed by atoms with Gasteiger partial charge < -0.3 is 10.0 Å². The third-order valence-corrected chi connectivity index (χ3v) is 5.20. The van der Waals surface area contributed by atoms with Gasteiger partial charge in [-0.2, -0.15) is 0 Å². The number of fused-ring (bicyclic) bond motifs is 1. The lowest BCUT2D eigenvalue weighted by molar-refractivity contribution is -0.137. The van der Waals surface area contributed by atoms with Crippen LogP contribution in [0.4, 0.5) is 5.69 Å². The van der Waals surface area contributed by atoms with Crippen molar-refractivity contribution in [2.45, 2.75) is 18.1 Å². The maximum atomic E-state index is 13.5. The highest BCUT2D eigenvalue weighted by molar-refractivity contribution is 6.07. The first-order valence-electron chi connectivity index (χ1n) is 9.01. The Hall–Kier alpha value is -3.17. The zero-order valence-corrected chi connectivity index (χ0v) is 15.0. The molecule has 1 amide bonds. The first kappa shape index (κ1) is 17.3. The largest absolute Gasteiger partial charge is 0.374 e. The molecule has 1 N–H and O–H groups in total. The van der Waals surface area contributed by atoms with Gasteiger partial charge in [0.1, 0.15) is 0 Å². The molecule has 3 nitrogen and oxygen atoms in total. The van der Waals surface area contributed by atoms with E-state index in [9.17, 15) is 9.90 Å². The summed E-state index contributed by atoms with van der Waals surface area (Å²) in [7, 11) is 0. The van der Waals surface area contributed by atoms with Crippen LogP contribution in [0.25, 0.3) is 0 Å². The molecule has 134 valence electrons. The molecule has 0 radical (unpaired) electrons. The van der Waals surface area contributed by atoms with Crippen molar-refractivity contribution in [3.8, 4) is 0 Å². The molecule has 3 aromatic carbocycles. The van der Waals surface area contributed by atoms with E-state index in [1.54, 1.807) is 11.0 Å². The number of anilines is 1. The number of rotatable bonds is 5. The Kier molecular flexibility index (Phi) is 4.38. The van der Waals surface area contributed by atoms with Crippen molar-refractivity contribution in [3.63, 3.8) is 0 Å². The van der Waals surface area contributed by atoms with Crippen LogP contribution in [-0.4, -0.2) is 11.0 Å². The van der Waals surface area contributed by atoms with Crippen molar-refractivity contribution >= 4 is 11.6 Å². The fourth-order valence-corrected chi connectivity index (χ4v) is 3.89. The van der Waals surface area contributed by atoms with Gasteiger partial charge in [-0.15, -0.1) is 6.58 Å². The molecular weight excluding hydrogens is 334 g/mol. The minimum Gasteiger partial charge on any atom is -0.374 e. The van der Waals surface area contributed by atoms with E-state index < -0.39 is 11.5 Å². The van der Waals surface area contributed by atoms with Crippen molar-refractivity contribution in [1.29, 1.82) is 0 Å². The van der Waals surface area contributed by atoms with Gasteiger partial charge in [0, 0.05) is 11.5 Å². The Morgan fingerprint density at radius 1 is 0.926 bits per heavy atom. The Bertz CT molecular complexity index is 968. The van der Waals surface area contributed by atoms with E-state index in [-0.39, 0.29) is 5.91 Å². The third kappa shape index (κ3) is 2.77. The molecule has 0 bridgehead atoms. The fourth-order valence-electron chi connectivity index (χ4n) is 3.89. The minimum absolute atomic E-state index is 0.318. The molecule has 27 heavy (non-hydrogen) atoms. The topological polar surface area (TPSA) is 40.5 Å². The molecule has 0 unspecified atom stereocenters. The first-order chi connectivity index (χ1) is 13.2. The summed E-state index contributed by atoms with van der Waals surface area (Å²) in [5.74, 6) is -0.852. The highest BCUT2D eigenvalue weighted by Crippen LogP contribution is 2.49. The van der Waals surface area contributed by atoms with Crippen LogP contribution in [0.3, 0.4) is 0 Å². The highest BCUT2D eigenvalue weighted by Gasteiger charge is 2.54. The fraction of sp³-hybridized carbons (Fsp3) is 0.125. The van der Waals surface area contributed by atoms with Crippen LogP contribution in [0.2, 0.25) is 0 Å². The van der Waals surface area contributed by atoms with Crippen LogP contribution in [0.5, 0.6) is 0 Å². The second kappa shape index (κ2) is 6.86.